The van der Waals surface area contributed by atoms with Crippen LogP contribution in [0.5, 0.6) is 0 Å². The number of para-hydroxylation sites is 1. The molecule has 2 aromatic rings. The zero-order chi connectivity index (χ0) is 12.8. The SMILES string of the molecule is Cc1occc1CN(C)CCNc1ccccc1. The van der Waals surface area contributed by atoms with Gasteiger partial charge in [0.05, 0.1) is 6.26 Å². The van der Waals surface area contributed by atoms with Gasteiger partial charge in [0.25, 0.3) is 0 Å². The molecule has 0 radical (unpaired) electrons. The zero-order valence-corrected chi connectivity index (χ0v) is 11.0. The Morgan fingerprint density at radius 3 is 2.61 bits per heavy atom. The molecule has 0 aliphatic carbocycles. The van der Waals surface area contributed by atoms with Crippen molar-refractivity contribution in [2.75, 3.05) is 25.5 Å². The van der Waals surface area contributed by atoms with E-state index in [1.54, 1.807) is 6.26 Å². The molecule has 0 aliphatic heterocycles. The number of anilines is 1. The lowest BCUT2D eigenvalue weighted by molar-refractivity contribution is 0.337. The van der Waals surface area contributed by atoms with Gasteiger partial charge >= 0.3 is 0 Å². The van der Waals surface area contributed by atoms with Gasteiger partial charge in [-0.05, 0) is 32.2 Å². The summed E-state index contributed by atoms with van der Waals surface area (Å²) in [5.41, 5.74) is 2.43. The molecule has 1 heterocycles. The van der Waals surface area contributed by atoms with E-state index in [4.69, 9.17) is 4.42 Å². The summed E-state index contributed by atoms with van der Waals surface area (Å²) >= 11 is 0. The molecule has 3 nitrogen and oxygen atoms in total. The van der Waals surface area contributed by atoms with Gasteiger partial charge in [-0.3, -0.25) is 0 Å². The molecule has 0 spiro atoms. The van der Waals surface area contributed by atoms with E-state index in [1.807, 2.05) is 31.2 Å². The van der Waals surface area contributed by atoms with Crippen LogP contribution in [-0.2, 0) is 6.54 Å². The van der Waals surface area contributed by atoms with Crippen molar-refractivity contribution in [3.05, 3.63) is 54.0 Å². The fraction of sp³-hybridized carbons (Fsp3) is 0.333. The Bertz CT molecular complexity index is 464. The summed E-state index contributed by atoms with van der Waals surface area (Å²) in [5, 5.41) is 3.40. The normalized spacial score (nSPS) is 10.8. The second kappa shape index (κ2) is 6.26. The van der Waals surface area contributed by atoms with Crippen molar-refractivity contribution in [3.8, 4) is 0 Å². The Labute approximate surface area is 108 Å². The predicted molar refractivity (Wildman–Crippen MR) is 74.7 cm³/mol. The van der Waals surface area contributed by atoms with E-state index in [0.29, 0.717) is 0 Å². The van der Waals surface area contributed by atoms with Crippen LogP contribution in [0.2, 0.25) is 0 Å². The summed E-state index contributed by atoms with van der Waals surface area (Å²) < 4.78 is 5.30. The highest BCUT2D eigenvalue weighted by Crippen LogP contribution is 2.11. The molecule has 1 aromatic carbocycles. The number of nitrogens with zero attached hydrogens (tertiary/aromatic N) is 1. The van der Waals surface area contributed by atoms with Crippen molar-refractivity contribution in [1.82, 2.24) is 4.90 Å². The Kier molecular flexibility index (Phi) is 4.42. The number of benzene rings is 1. The number of rotatable bonds is 6. The van der Waals surface area contributed by atoms with Crippen molar-refractivity contribution in [2.24, 2.45) is 0 Å². The molecular weight excluding hydrogens is 224 g/mol. The molecule has 1 N–H and O–H groups in total. The lowest BCUT2D eigenvalue weighted by Gasteiger charge is -2.16. The van der Waals surface area contributed by atoms with Gasteiger partial charge in [-0.1, -0.05) is 18.2 Å². The monoisotopic (exact) mass is 244 g/mol. The van der Waals surface area contributed by atoms with Crippen molar-refractivity contribution in [2.45, 2.75) is 13.5 Å². The van der Waals surface area contributed by atoms with Gasteiger partial charge in [-0.25, -0.2) is 0 Å². The number of hydrogen-bond acceptors (Lipinski definition) is 3. The number of likely N-dealkylation sites (N-methyl/N-ethyl adjacent to an activating group) is 1. The van der Waals surface area contributed by atoms with E-state index in [2.05, 4.69) is 29.4 Å². The lowest BCUT2D eigenvalue weighted by Crippen LogP contribution is -2.24. The average molecular weight is 244 g/mol. The molecule has 0 amide bonds. The summed E-state index contributed by atoms with van der Waals surface area (Å²) in [4.78, 5) is 2.29. The van der Waals surface area contributed by atoms with Crippen LogP contribution in [0.4, 0.5) is 5.69 Å². The van der Waals surface area contributed by atoms with E-state index >= 15 is 0 Å². The number of aryl methyl sites for hydroxylation is 1. The molecule has 18 heavy (non-hydrogen) atoms. The smallest absolute Gasteiger partial charge is 0.105 e. The van der Waals surface area contributed by atoms with Crippen molar-refractivity contribution >= 4 is 5.69 Å². The number of furan rings is 1. The minimum atomic E-state index is 0.929. The van der Waals surface area contributed by atoms with Crippen LogP contribution < -0.4 is 5.32 Å². The highest BCUT2D eigenvalue weighted by Gasteiger charge is 2.04. The molecule has 3 heteroatoms. The van der Waals surface area contributed by atoms with Crippen LogP contribution in [0.15, 0.2) is 47.1 Å². The molecule has 0 unspecified atom stereocenters. The predicted octanol–water partition coefficient (Wildman–Crippen LogP) is 3.13. The third-order valence-corrected chi connectivity index (χ3v) is 3.00. The molecule has 2 rings (SSSR count). The van der Waals surface area contributed by atoms with E-state index in [9.17, 15) is 0 Å². The second-order valence-electron chi connectivity index (χ2n) is 4.53. The molecule has 0 atom stereocenters. The van der Waals surface area contributed by atoms with Crippen molar-refractivity contribution < 1.29 is 4.42 Å². The quantitative estimate of drug-likeness (QED) is 0.846. The molecule has 96 valence electrons. The number of hydrogen-bond donors (Lipinski definition) is 1. The summed E-state index contributed by atoms with van der Waals surface area (Å²) in [6.07, 6.45) is 1.75. The second-order valence-corrected chi connectivity index (χ2v) is 4.53. The van der Waals surface area contributed by atoms with Crippen LogP contribution in [0.25, 0.3) is 0 Å². The van der Waals surface area contributed by atoms with Gasteiger partial charge in [-0.2, -0.15) is 0 Å². The first-order valence-corrected chi connectivity index (χ1v) is 6.26. The van der Waals surface area contributed by atoms with Crippen molar-refractivity contribution in [1.29, 1.82) is 0 Å². The van der Waals surface area contributed by atoms with Crippen molar-refractivity contribution in [3.63, 3.8) is 0 Å². The largest absolute Gasteiger partial charge is 0.469 e. The maximum Gasteiger partial charge on any atom is 0.105 e. The third kappa shape index (κ3) is 3.64. The van der Waals surface area contributed by atoms with Crippen LogP contribution in [-0.4, -0.2) is 25.0 Å². The third-order valence-electron chi connectivity index (χ3n) is 3.00. The maximum absolute atomic E-state index is 5.30. The summed E-state index contributed by atoms with van der Waals surface area (Å²) in [6, 6.07) is 12.3. The number of nitrogens with one attached hydrogen (secondary N) is 1. The summed E-state index contributed by atoms with van der Waals surface area (Å²) in [6.45, 7) is 4.88. The lowest BCUT2D eigenvalue weighted by atomic mass is 10.2. The van der Waals surface area contributed by atoms with Crippen LogP contribution in [0, 0.1) is 6.92 Å². The van der Waals surface area contributed by atoms with Crippen LogP contribution in [0.1, 0.15) is 11.3 Å². The topological polar surface area (TPSA) is 28.4 Å². The van der Waals surface area contributed by atoms with Gasteiger partial charge in [0, 0.05) is 30.9 Å². The first-order chi connectivity index (χ1) is 8.75. The minimum absolute atomic E-state index is 0.929. The molecule has 0 bridgehead atoms. The molecule has 0 fully saturated rings. The zero-order valence-electron chi connectivity index (χ0n) is 11.0. The minimum Gasteiger partial charge on any atom is -0.469 e. The standard InChI is InChI=1S/C15H20N2O/c1-13-14(8-11-18-13)12-17(2)10-9-16-15-6-4-3-5-7-15/h3-8,11,16H,9-10,12H2,1-2H3. The van der Waals surface area contributed by atoms with Gasteiger partial charge in [-0.15, -0.1) is 0 Å². The van der Waals surface area contributed by atoms with Gasteiger partial charge in [0.2, 0.25) is 0 Å². The van der Waals surface area contributed by atoms with Gasteiger partial charge in [0.1, 0.15) is 5.76 Å². The van der Waals surface area contributed by atoms with E-state index < -0.39 is 0 Å². The Morgan fingerprint density at radius 2 is 1.94 bits per heavy atom. The Hall–Kier alpha value is -1.74. The molecule has 1 aromatic heterocycles. The van der Waals surface area contributed by atoms with Crippen LogP contribution >= 0.6 is 0 Å². The molecular formula is C15H20N2O. The fourth-order valence-electron chi connectivity index (χ4n) is 1.89. The first-order valence-electron chi connectivity index (χ1n) is 6.26. The fourth-order valence-corrected chi connectivity index (χ4v) is 1.89. The Morgan fingerprint density at radius 1 is 1.17 bits per heavy atom. The average Bonchev–Trinajstić information content (AvgIpc) is 2.76. The maximum atomic E-state index is 5.30. The van der Waals surface area contributed by atoms with Gasteiger partial charge < -0.3 is 14.6 Å². The highest BCUT2D eigenvalue weighted by atomic mass is 16.3. The first kappa shape index (κ1) is 12.7. The molecule has 0 saturated carbocycles. The van der Waals surface area contributed by atoms with E-state index in [1.165, 1.54) is 11.3 Å². The Balaban J connectivity index is 1.72. The summed E-state index contributed by atoms with van der Waals surface area (Å²) in [5.74, 6) is 1.01. The van der Waals surface area contributed by atoms with E-state index in [0.717, 1.165) is 25.4 Å². The highest BCUT2D eigenvalue weighted by molar-refractivity contribution is 5.42. The molecule has 0 saturated heterocycles. The van der Waals surface area contributed by atoms with E-state index in [-0.39, 0.29) is 0 Å². The summed E-state index contributed by atoms with van der Waals surface area (Å²) in [7, 11) is 2.12. The molecule has 0 aliphatic rings. The van der Waals surface area contributed by atoms with Crippen LogP contribution in [0.3, 0.4) is 0 Å². The van der Waals surface area contributed by atoms with Gasteiger partial charge in [0.15, 0.2) is 0 Å².